The van der Waals surface area contributed by atoms with Crippen LogP contribution in [0.4, 0.5) is 0 Å². The van der Waals surface area contributed by atoms with E-state index in [-0.39, 0.29) is 30.5 Å². The lowest BCUT2D eigenvalue weighted by Crippen LogP contribution is -2.40. The number of rotatable bonds is 11. The molecule has 0 aromatic carbocycles. The Morgan fingerprint density at radius 2 is 1.82 bits per heavy atom. The molecule has 0 aromatic heterocycles. The summed E-state index contributed by atoms with van der Waals surface area (Å²) < 4.78 is 19.6. The highest BCUT2D eigenvalue weighted by Gasteiger charge is 2.43. The van der Waals surface area contributed by atoms with Crippen LogP contribution in [0.3, 0.4) is 0 Å². The summed E-state index contributed by atoms with van der Waals surface area (Å²) >= 11 is 0. The van der Waals surface area contributed by atoms with E-state index in [4.69, 9.17) is 9.63 Å². The van der Waals surface area contributed by atoms with Crippen LogP contribution < -0.4 is 0 Å². The topological polar surface area (TPSA) is 82.1 Å². The number of esters is 1. The molecule has 0 saturated heterocycles. The molecule has 0 amide bonds. The van der Waals surface area contributed by atoms with E-state index in [1.165, 1.54) is 0 Å². The van der Waals surface area contributed by atoms with Crippen LogP contribution in [0.1, 0.15) is 60.8 Å². The fourth-order valence-corrected chi connectivity index (χ4v) is 2.60. The van der Waals surface area contributed by atoms with Crippen molar-refractivity contribution in [3.05, 3.63) is 0 Å². The Balaban J connectivity index is 4.68. The molecule has 130 valence electrons. The zero-order chi connectivity index (χ0) is 17.4. The van der Waals surface area contributed by atoms with Gasteiger partial charge in [-0.3, -0.25) is 4.79 Å². The average Bonchev–Trinajstić information content (AvgIpc) is 2.44. The monoisotopic (exact) mass is 337 g/mol. The van der Waals surface area contributed by atoms with E-state index in [1.807, 2.05) is 6.92 Å². The number of hydrogen-bond acceptors (Lipinski definition) is 5. The molecule has 3 unspecified atom stereocenters. The van der Waals surface area contributed by atoms with E-state index < -0.39 is 13.7 Å². The molecule has 3 atom stereocenters. The van der Waals surface area contributed by atoms with Crippen molar-refractivity contribution in [1.82, 2.24) is 0 Å². The van der Waals surface area contributed by atoms with Crippen molar-refractivity contribution in [2.24, 2.45) is 16.7 Å². The molecule has 0 aliphatic carbocycles. The van der Waals surface area contributed by atoms with E-state index in [9.17, 15) is 9.36 Å². The molecular formula is C15H30O6P+. The molecule has 22 heavy (non-hydrogen) atoms. The molecule has 0 bridgehead atoms. The van der Waals surface area contributed by atoms with Gasteiger partial charge >= 0.3 is 14.2 Å². The van der Waals surface area contributed by atoms with Crippen molar-refractivity contribution in [1.29, 1.82) is 0 Å². The molecule has 1 N–H and O–H groups in total. The molecule has 0 spiro atoms. The van der Waals surface area contributed by atoms with Gasteiger partial charge in [0.25, 0.3) is 0 Å². The van der Waals surface area contributed by atoms with Gasteiger partial charge in [0.1, 0.15) is 13.2 Å². The van der Waals surface area contributed by atoms with Gasteiger partial charge in [-0.2, -0.15) is 4.89 Å². The molecule has 0 heterocycles. The third-order valence-corrected chi connectivity index (χ3v) is 4.72. The maximum absolute atomic E-state index is 12.5. The summed E-state index contributed by atoms with van der Waals surface area (Å²) in [6.07, 6.45) is 2.60. The van der Waals surface area contributed by atoms with Gasteiger partial charge in [0.2, 0.25) is 0 Å². The van der Waals surface area contributed by atoms with Crippen LogP contribution in [0.5, 0.6) is 0 Å². The van der Waals surface area contributed by atoms with E-state index in [0.29, 0.717) is 0 Å². The molecule has 0 aliphatic heterocycles. The van der Waals surface area contributed by atoms with Gasteiger partial charge in [0.15, 0.2) is 0 Å². The Morgan fingerprint density at radius 1 is 1.23 bits per heavy atom. The summed E-state index contributed by atoms with van der Waals surface area (Å²) in [5, 5.41) is 0. The minimum absolute atomic E-state index is 0.0133. The maximum Gasteiger partial charge on any atom is 0.725 e. The second-order valence-electron chi connectivity index (χ2n) is 6.69. The molecule has 0 aliphatic rings. The number of hydrogen-bond donors (Lipinski definition) is 1. The van der Waals surface area contributed by atoms with Gasteiger partial charge in [-0.1, -0.05) is 47.5 Å². The zero-order valence-electron chi connectivity index (χ0n) is 14.5. The minimum atomic E-state index is -2.80. The Kier molecular flexibility index (Phi) is 9.32. The zero-order valence-corrected chi connectivity index (χ0v) is 15.4. The fraction of sp³-hybridized carbons (Fsp3) is 0.933. The van der Waals surface area contributed by atoms with Gasteiger partial charge in [0.05, 0.1) is 10.1 Å². The lowest BCUT2D eigenvalue weighted by molar-refractivity contribution is -0.218. The molecule has 0 aromatic rings. The Bertz CT molecular complexity index is 371. The van der Waals surface area contributed by atoms with Crippen molar-refractivity contribution in [2.75, 3.05) is 13.2 Å². The van der Waals surface area contributed by atoms with Crippen LogP contribution in [0.25, 0.3) is 0 Å². The van der Waals surface area contributed by atoms with Gasteiger partial charge < -0.3 is 4.74 Å². The highest BCUT2D eigenvalue weighted by molar-refractivity contribution is 7.31. The molecule has 0 fully saturated rings. The Morgan fingerprint density at radius 3 is 2.27 bits per heavy atom. The molecule has 6 nitrogen and oxygen atoms in total. The smallest absolute Gasteiger partial charge is 0.463 e. The summed E-state index contributed by atoms with van der Waals surface area (Å²) in [5.41, 5.74) is -0.524. The van der Waals surface area contributed by atoms with Crippen molar-refractivity contribution < 1.29 is 28.6 Å². The lowest BCUT2D eigenvalue weighted by Gasteiger charge is -2.39. The first-order chi connectivity index (χ1) is 10.1. The summed E-state index contributed by atoms with van der Waals surface area (Å²) in [6.45, 7) is 12.4. The van der Waals surface area contributed by atoms with E-state index in [2.05, 4.69) is 44.2 Å². The average molecular weight is 337 g/mol. The second kappa shape index (κ2) is 9.56. The van der Waals surface area contributed by atoms with E-state index >= 15 is 0 Å². The first-order valence-electron chi connectivity index (χ1n) is 7.72. The van der Waals surface area contributed by atoms with Crippen LogP contribution >= 0.6 is 8.25 Å². The summed E-state index contributed by atoms with van der Waals surface area (Å²) in [6, 6.07) is 0. The first-order valence-corrected chi connectivity index (χ1v) is 8.85. The fourth-order valence-electron chi connectivity index (χ4n) is 2.43. The quantitative estimate of drug-likeness (QED) is 0.202. The number of ether oxygens (including phenoxy) is 1. The molecular weight excluding hydrogens is 307 g/mol. The predicted molar refractivity (Wildman–Crippen MR) is 84.1 cm³/mol. The lowest BCUT2D eigenvalue weighted by atomic mass is 9.66. The highest BCUT2D eigenvalue weighted by Crippen LogP contribution is 2.43. The van der Waals surface area contributed by atoms with Crippen LogP contribution in [-0.4, -0.2) is 24.1 Å². The molecule has 0 rings (SSSR count). The second-order valence-corrected chi connectivity index (χ2v) is 7.32. The predicted octanol–water partition coefficient (Wildman–Crippen LogP) is 4.01. The van der Waals surface area contributed by atoms with Crippen molar-refractivity contribution in [2.45, 2.75) is 60.8 Å². The highest BCUT2D eigenvalue weighted by atomic mass is 31.1. The van der Waals surface area contributed by atoms with Crippen molar-refractivity contribution >= 4 is 14.2 Å². The third-order valence-electron chi connectivity index (χ3n) is 4.49. The molecule has 0 saturated carbocycles. The summed E-state index contributed by atoms with van der Waals surface area (Å²) in [7, 11) is -2.80. The Hall–Kier alpha value is -0.550. The van der Waals surface area contributed by atoms with Crippen LogP contribution in [-0.2, 0) is 23.7 Å². The molecule has 0 radical (unpaired) electrons. The SMILES string of the molecule is CCC(C)C(C)(CC(C)(C)CC)C(=O)OCCOO[P+](=O)O. The standard InChI is InChI=1S/C15H29O6P/c1-7-12(3)15(6,11-14(4,5)8-2)13(16)19-9-10-20-21-22(17)18/h12H,7-11H2,1-6H3/p+1. The van der Waals surface area contributed by atoms with Crippen molar-refractivity contribution in [3.8, 4) is 0 Å². The number of carbonyl (C=O) groups excluding carboxylic acids is 1. The number of carbonyl (C=O) groups is 1. The first kappa shape index (κ1) is 21.4. The maximum atomic E-state index is 12.5. The van der Waals surface area contributed by atoms with Gasteiger partial charge in [-0.25, -0.2) is 0 Å². The summed E-state index contributed by atoms with van der Waals surface area (Å²) in [4.78, 5) is 25.4. The molecule has 7 heteroatoms. The van der Waals surface area contributed by atoms with Crippen molar-refractivity contribution in [3.63, 3.8) is 0 Å². The van der Waals surface area contributed by atoms with Gasteiger partial charge in [0, 0.05) is 4.57 Å². The normalized spacial score (nSPS) is 16.8. The van der Waals surface area contributed by atoms with E-state index in [1.54, 1.807) is 0 Å². The van der Waals surface area contributed by atoms with Crippen LogP contribution in [0.15, 0.2) is 0 Å². The van der Waals surface area contributed by atoms with Crippen LogP contribution in [0.2, 0.25) is 0 Å². The largest absolute Gasteiger partial charge is 0.725 e. The van der Waals surface area contributed by atoms with Crippen LogP contribution in [0, 0.1) is 16.7 Å². The van der Waals surface area contributed by atoms with E-state index in [0.717, 1.165) is 19.3 Å². The minimum Gasteiger partial charge on any atom is -0.463 e. The summed E-state index contributed by atoms with van der Waals surface area (Å²) in [5.74, 6) is -0.0738. The van der Waals surface area contributed by atoms with Gasteiger partial charge in [-0.15, -0.1) is 4.89 Å². The van der Waals surface area contributed by atoms with Gasteiger partial charge in [-0.05, 0) is 24.7 Å². The third kappa shape index (κ3) is 7.14. The Labute approximate surface area is 134 Å².